The number of nitrogens with zero attached hydrogens (tertiary/aromatic N) is 1. The molecule has 0 saturated heterocycles. The fourth-order valence-electron chi connectivity index (χ4n) is 3.20. The van der Waals surface area contributed by atoms with Gasteiger partial charge < -0.3 is 14.8 Å². The van der Waals surface area contributed by atoms with Gasteiger partial charge in [0.1, 0.15) is 18.1 Å². The minimum Gasteiger partial charge on any atom is -0.497 e. The highest BCUT2D eigenvalue weighted by Gasteiger charge is 2.15. The number of methoxy groups -OCH3 is 1. The molecular weight excluding hydrogens is 328 g/mol. The standard InChI is InChI=1S/C21H26N2O3/c1-25-19-9-11-20(12-10-19)26-15-18-8-7-17(14-22-18)21(24)23-13-16-5-3-2-4-6-16/h7-12,14,16H,2-6,13,15H2,1H3,(H,23,24). The van der Waals surface area contributed by atoms with Crippen molar-refractivity contribution in [3.05, 3.63) is 53.9 Å². The van der Waals surface area contributed by atoms with Crippen LogP contribution in [0, 0.1) is 5.92 Å². The van der Waals surface area contributed by atoms with Crippen LogP contribution in [0.15, 0.2) is 42.6 Å². The molecule has 5 nitrogen and oxygen atoms in total. The molecule has 1 N–H and O–H groups in total. The Morgan fingerprint density at radius 3 is 2.46 bits per heavy atom. The molecule has 1 saturated carbocycles. The van der Waals surface area contributed by atoms with Crippen LogP contribution in [-0.2, 0) is 6.61 Å². The summed E-state index contributed by atoms with van der Waals surface area (Å²) >= 11 is 0. The zero-order chi connectivity index (χ0) is 18.2. The topological polar surface area (TPSA) is 60.5 Å². The number of hydrogen-bond acceptors (Lipinski definition) is 4. The lowest BCUT2D eigenvalue weighted by Gasteiger charge is -2.21. The van der Waals surface area contributed by atoms with Crippen molar-refractivity contribution in [3.63, 3.8) is 0 Å². The first-order valence-corrected chi connectivity index (χ1v) is 9.24. The lowest BCUT2D eigenvalue weighted by molar-refractivity contribution is 0.0943. The fraction of sp³-hybridized carbons (Fsp3) is 0.429. The van der Waals surface area contributed by atoms with Crippen LogP contribution in [0.1, 0.15) is 48.2 Å². The lowest BCUT2D eigenvalue weighted by atomic mass is 9.89. The number of rotatable bonds is 7. The van der Waals surface area contributed by atoms with Crippen molar-refractivity contribution in [2.45, 2.75) is 38.7 Å². The largest absolute Gasteiger partial charge is 0.497 e. The first-order chi connectivity index (χ1) is 12.7. The Hall–Kier alpha value is -2.56. The summed E-state index contributed by atoms with van der Waals surface area (Å²) in [6, 6.07) is 11.0. The van der Waals surface area contributed by atoms with E-state index in [1.807, 2.05) is 30.3 Å². The number of carbonyl (C=O) groups excluding carboxylic acids is 1. The Labute approximate surface area is 154 Å². The van der Waals surface area contributed by atoms with Gasteiger partial charge in [0.15, 0.2) is 0 Å². The van der Waals surface area contributed by atoms with Crippen molar-refractivity contribution >= 4 is 5.91 Å². The average molecular weight is 354 g/mol. The molecule has 1 amide bonds. The van der Waals surface area contributed by atoms with Crippen molar-refractivity contribution in [1.29, 1.82) is 0 Å². The molecule has 1 aliphatic carbocycles. The van der Waals surface area contributed by atoms with E-state index in [9.17, 15) is 4.79 Å². The maximum absolute atomic E-state index is 12.2. The van der Waals surface area contributed by atoms with Crippen molar-refractivity contribution < 1.29 is 14.3 Å². The van der Waals surface area contributed by atoms with Gasteiger partial charge in [0.25, 0.3) is 5.91 Å². The summed E-state index contributed by atoms with van der Waals surface area (Å²) < 4.78 is 10.8. The number of benzene rings is 1. The maximum Gasteiger partial charge on any atom is 0.252 e. The lowest BCUT2D eigenvalue weighted by Crippen LogP contribution is -2.30. The number of amides is 1. The van der Waals surface area contributed by atoms with Crippen LogP contribution in [0.4, 0.5) is 0 Å². The molecule has 1 fully saturated rings. The van der Waals surface area contributed by atoms with Gasteiger partial charge in [-0.1, -0.05) is 19.3 Å². The summed E-state index contributed by atoms with van der Waals surface area (Å²) in [4.78, 5) is 16.6. The average Bonchev–Trinajstić information content (AvgIpc) is 2.72. The quantitative estimate of drug-likeness (QED) is 0.817. The van der Waals surface area contributed by atoms with Crippen LogP contribution >= 0.6 is 0 Å². The predicted octanol–water partition coefficient (Wildman–Crippen LogP) is 3.98. The van der Waals surface area contributed by atoms with Gasteiger partial charge in [-0.3, -0.25) is 9.78 Å². The molecule has 3 rings (SSSR count). The molecule has 0 aliphatic heterocycles. The Balaban J connectivity index is 1.46. The van der Waals surface area contributed by atoms with Gasteiger partial charge in [-0.2, -0.15) is 0 Å². The molecule has 0 spiro atoms. The first kappa shape index (κ1) is 18.2. The minimum atomic E-state index is -0.0503. The van der Waals surface area contributed by atoms with E-state index in [2.05, 4.69) is 10.3 Å². The van der Waals surface area contributed by atoms with E-state index in [1.54, 1.807) is 19.4 Å². The highest BCUT2D eigenvalue weighted by atomic mass is 16.5. The van der Waals surface area contributed by atoms with Crippen LogP contribution in [0.25, 0.3) is 0 Å². The number of hydrogen-bond donors (Lipinski definition) is 1. The minimum absolute atomic E-state index is 0.0503. The smallest absolute Gasteiger partial charge is 0.252 e. The summed E-state index contributed by atoms with van der Waals surface area (Å²) in [6.07, 6.45) is 7.95. The van der Waals surface area contributed by atoms with E-state index in [4.69, 9.17) is 9.47 Å². The number of ether oxygens (including phenoxy) is 2. The van der Waals surface area contributed by atoms with Crippen LogP contribution in [0.3, 0.4) is 0 Å². The summed E-state index contributed by atoms with van der Waals surface area (Å²) in [5.41, 5.74) is 1.37. The third-order valence-corrected chi connectivity index (χ3v) is 4.81. The van der Waals surface area contributed by atoms with E-state index >= 15 is 0 Å². The van der Waals surface area contributed by atoms with Gasteiger partial charge in [-0.05, 0) is 55.2 Å². The highest BCUT2D eigenvalue weighted by molar-refractivity contribution is 5.93. The Kier molecular flexibility index (Phi) is 6.47. The fourth-order valence-corrected chi connectivity index (χ4v) is 3.20. The second-order valence-corrected chi connectivity index (χ2v) is 6.72. The van der Waals surface area contributed by atoms with Gasteiger partial charge in [0, 0.05) is 12.7 Å². The van der Waals surface area contributed by atoms with Gasteiger partial charge in [0.2, 0.25) is 0 Å². The highest BCUT2D eigenvalue weighted by Crippen LogP contribution is 2.23. The third kappa shape index (κ3) is 5.22. The second-order valence-electron chi connectivity index (χ2n) is 6.72. The van der Waals surface area contributed by atoms with Gasteiger partial charge in [0.05, 0.1) is 18.4 Å². The number of aromatic nitrogens is 1. The van der Waals surface area contributed by atoms with Crippen molar-refractivity contribution in [3.8, 4) is 11.5 Å². The molecule has 26 heavy (non-hydrogen) atoms. The van der Waals surface area contributed by atoms with Crippen LogP contribution in [-0.4, -0.2) is 24.5 Å². The van der Waals surface area contributed by atoms with E-state index in [1.165, 1.54) is 32.1 Å². The first-order valence-electron chi connectivity index (χ1n) is 9.24. The van der Waals surface area contributed by atoms with Gasteiger partial charge in [-0.25, -0.2) is 0 Å². The zero-order valence-electron chi connectivity index (χ0n) is 15.2. The van der Waals surface area contributed by atoms with Crippen molar-refractivity contribution in [2.24, 2.45) is 5.92 Å². The summed E-state index contributed by atoms with van der Waals surface area (Å²) in [6.45, 7) is 1.12. The molecule has 0 unspecified atom stereocenters. The number of pyridine rings is 1. The zero-order valence-corrected chi connectivity index (χ0v) is 15.2. The summed E-state index contributed by atoms with van der Waals surface area (Å²) in [7, 11) is 1.63. The van der Waals surface area contributed by atoms with E-state index < -0.39 is 0 Å². The number of nitrogens with one attached hydrogen (secondary N) is 1. The molecule has 1 aromatic carbocycles. The Morgan fingerprint density at radius 2 is 1.81 bits per heavy atom. The Morgan fingerprint density at radius 1 is 1.08 bits per heavy atom. The summed E-state index contributed by atoms with van der Waals surface area (Å²) in [5.74, 6) is 2.12. The van der Waals surface area contributed by atoms with Crippen LogP contribution in [0.5, 0.6) is 11.5 Å². The monoisotopic (exact) mass is 354 g/mol. The SMILES string of the molecule is COc1ccc(OCc2ccc(C(=O)NCC3CCCCC3)cn2)cc1. The van der Waals surface area contributed by atoms with Gasteiger partial charge >= 0.3 is 0 Å². The van der Waals surface area contributed by atoms with E-state index in [0.717, 1.165) is 23.7 Å². The van der Waals surface area contributed by atoms with Crippen LogP contribution in [0.2, 0.25) is 0 Å². The molecule has 0 atom stereocenters. The predicted molar refractivity (Wildman–Crippen MR) is 100 cm³/mol. The molecule has 5 heteroatoms. The second kappa shape index (κ2) is 9.22. The molecular formula is C21H26N2O3. The molecule has 1 heterocycles. The molecule has 0 radical (unpaired) electrons. The Bertz CT molecular complexity index is 692. The molecule has 1 aliphatic rings. The molecule has 138 valence electrons. The van der Waals surface area contributed by atoms with Gasteiger partial charge in [-0.15, -0.1) is 0 Å². The number of carbonyl (C=O) groups is 1. The van der Waals surface area contributed by atoms with E-state index in [-0.39, 0.29) is 5.91 Å². The van der Waals surface area contributed by atoms with Crippen LogP contribution < -0.4 is 14.8 Å². The van der Waals surface area contributed by atoms with Crippen molar-refractivity contribution in [1.82, 2.24) is 10.3 Å². The van der Waals surface area contributed by atoms with E-state index in [0.29, 0.717) is 18.1 Å². The molecule has 0 bridgehead atoms. The maximum atomic E-state index is 12.2. The third-order valence-electron chi connectivity index (χ3n) is 4.81. The van der Waals surface area contributed by atoms with Crippen molar-refractivity contribution in [2.75, 3.05) is 13.7 Å². The molecule has 2 aromatic rings. The molecule has 1 aromatic heterocycles. The normalized spacial score (nSPS) is 14.7. The summed E-state index contributed by atoms with van der Waals surface area (Å²) in [5, 5.41) is 3.03.